The molecule has 0 aromatic rings. The van der Waals surface area contributed by atoms with Gasteiger partial charge in [0.15, 0.2) is 0 Å². The highest BCUT2D eigenvalue weighted by Crippen LogP contribution is 2.39. The predicted molar refractivity (Wildman–Crippen MR) is 40.0 cm³/mol. The van der Waals surface area contributed by atoms with Crippen LogP contribution in [0.15, 0.2) is 12.2 Å². The van der Waals surface area contributed by atoms with E-state index in [0.29, 0.717) is 12.3 Å². The molecule has 0 aromatic heterocycles. The number of rotatable bonds is 3. The first kappa shape index (κ1) is 8.93. The molecule has 9 heavy (non-hydrogen) atoms. The molecule has 0 aliphatic carbocycles. The van der Waals surface area contributed by atoms with E-state index in [1.54, 1.807) is 19.1 Å². The van der Waals surface area contributed by atoms with E-state index in [1.807, 2.05) is 6.92 Å². The third-order valence-corrected chi connectivity index (χ3v) is 2.89. The fourth-order valence-electron chi connectivity index (χ4n) is 0.399. The Morgan fingerprint density at radius 1 is 1.67 bits per heavy atom. The molecule has 0 heterocycles. The van der Waals surface area contributed by atoms with Crippen molar-refractivity contribution in [1.82, 2.24) is 0 Å². The van der Waals surface area contributed by atoms with Gasteiger partial charge >= 0.3 is 0 Å². The lowest BCUT2D eigenvalue weighted by atomic mass is 10.6. The summed E-state index contributed by atoms with van der Waals surface area (Å²) in [7, 11) is -2.78. The van der Waals surface area contributed by atoms with E-state index in [-0.39, 0.29) is 0 Å². The second-order valence-corrected chi connectivity index (χ2v) is 4.60. The number of hydrogen-bond acceptors (Lipinski definition) is 1. The summed E-state index contributed by atoms with van der Waals surface area (Å²) in [6, 6.07) is 0. The van der Waals surface area contributed by atoms with Gasteiger partial charge in [-0.25, -0.2) is 0 Å². The zero-order valence-electron chi connectivity index (χ0n) is 5.87. The van der Waals surface area contributed by atoms with E-state index in [9.17, 15) is 4.57 Å². The molecule has 0 bridgehead atoms. The number of allylic oxidation sites excluding steroid dienone is 2. The van der Waals surface area contributed by atoms with Crippen LogP contribution in [0.2, 0.25) is 0 Å². The van der Waals surface area contributed by atoms with E-state index in [1.165, 1.54) is 0 Å². The minimum atomic E-state index is -2.78. The van der Waals surface area contributed by atoms with Crippen molar-refractivity contribution in [3.63, 3.8) is 0 Å². The van der Waals surface area contributed by atoms with Crippen LogP contribution in [-0.2, 0) is 4.57 Å². The van der Waals surface area contributed by atoms with Crippen LogP contribution >= 0.6 is 7.37 Å². The summed E-state index contributed by atoms with van der Waals surface area (Å²) in [5.41, 5.74) is 0. The molecule has 1 atom stereocenters. The molecule has 0 saturated heterocycles. The molecule has 0 spiro atoms. The quantitative estimate of drug-likeness (QED) is 0.490. The molecule has 54 valence electrons. The maximum absolute atomic E-state index is 10.8. The highest BCUT2D eigenvalue weighted by molar-refractivity contribution is 7.58. The van der Waals surface area contributed by atoms with Crippen LogP contribution in [0.4, 0.5) is 0 Å². The first-order valence-electron chi connectivity index (χ1n) is 3.04. The minimum absolute atomic E-state index is 0.319. The summed E-state index contributed by atoms with van der Waals surface area (Å²) in [6.45, 7) is 3.57. The monoisotopic (exact) mass is 148 g/mol. The first-order valence-corrected chi connectivity index (χ1v) is 5.07. The molecule has 0 aromatic carbocycles. The Morgan fingerprint density at radius 3 is 2.56 bits per heavy atom. The Labute approximate surface area is 56.0 Å². The van der Waals surface area contributed by atoms with Crippen molar-refractivity contribution in [2.45, 2.75) is 13.8 Å². The van der Waals surface area contributed by atoms with Gasteiger partial charge in [-0.15, -0.1) is 0 Å². The highest BCUT2D eigenvalue weighted by atomic mass is 31.2. The summed E-state index contributed by atoms with van der Waals surface area (Å²) in [5, 5.41) is 0. The summed E-state index contributed by atoms with van der Waals surface area (Å²) in [6.07, 6.45) is 4.21. The van der Waals surface area contributed by atoms with Gasteiger partial charge in [-0.05, 0) is 6.92 Å². The van der Waals surface area contributed by atoms with Gasteiger partial charge < -0.3 is 4.89 Å². The third kappa shape index (κ3) is 4.43. The molecule has 1 unspecified atom stereocenters. The van der Waals surface area contributed by atoms with Crippen LogP contribution in [0.5, 0.6) is 0 Å². The lowest BCUT2D eigenvalue weighted by molar-refractivity contribution is 0.483. The molecule has 0 saturated carbocycles. The first-order chi connectivity index (χ1) is 4.12. The van der Waals surface area contributed by atoms with Crippen LogP contribution in [0, 0.1) is 0 Å². The fraction of sp³-hybridized carbons (Fsp3) is 0.667. The lowest BCUT2D eigenvalue weighted by Crippen LogP contribution is -1.86. The molecular formula is C6H13O2P. The van der Waals surface area contributed by atoms with Gasteiger partial charge in [0, 0.05) is 12.3 Å². The Bertz CT molecular complexity index is 140. The summed E-state index contributed by atoms with van der Waals surface area (Å²) < 4.78 is 10.8. The molecule has 2 nitrogen and oxygen atoms in total. The van der Waals surface area contributed by atoms with Gasteiger partial charge in [0.25, 0.3) is 0 Å². The Kier molecular flexibility index (Phi) is 3.83. The van der Waals surface area contributed by atoms with Crippen LogP contribution in [0.1, 0.15) is 13.8 Å². The fourth-order valence-corrected chi connectivity index (χ4v) is 1.20. The van der Waals surface area contributed by atoms with Crippen LogP contribution < -0.4 is 0 Å². The van der Waals surface area contributed by atoms with E-state index in [4.69, 9.17) is 4.89 Å². The average molecular weight is 148 g/mol. The van der Waals surface area contributed by atoms with Gasteiger partial charge in [-0.3, -0.25) is 4.57 Å². The zero-order valence-corrected chi connectivity index (χ0v) is 6.77. The van der Waals surface area contributed by atoms with Crippen LogP contribution in [0.3, 0.4) is 0 Å². The topological polar surface area (TPSA) is 37.3 Å². The lowest BCUT2D eigenvalue weighted by Gasteiger charge is -2.02. The van der Waals surface area contributed by atoms with Crippen molar-refractivity contribution in [2.75, 3.05) is 12.3 Å². The largest absolute Gasteiger partial charge is 0.344 e. The van der Waals surface area contributed by atoms with E-state index >= 15 is 0 Å². The molecule has 1 N–H and O–H groups in total. The van der Waals surface area contributed by atoms with E-state index in [0.717, 1.165) is 0 Å². The molecule has 0 fully saturated rings. The summed E-state index contributed by atoms with van der Waals surface area (Å²) >= 11 is 0. The molecule has 0 aliphatic heterocycles. The van der Waals surface area contributed by atoms with E-state index in [2.05, 4.69) is 0 Å². The molecular weight excluding hydrogens is 135 g/mol. The van der Waals surface area contributed by atoms with Gasteiger partial charge in [-0.1, -0.05) is 19.1 Å². The van der Waals surface area contributed by atoms with Gasteiger partial charge in [0.2, 0.25) is 7.37 Å². The normalized spacial score (nSPS) is 18.1. The van der Waals surface area contributed by atoms with Crippen molar-refractivity contribution >= 4 is 7.37 Å². The predicted octanol–water partition coefficient (Wildman–Crippen LogP) is 1.85. The highest BCUT2D eigenvalue weighted by Gasteiger charge is 2.10. The van der Waals surface area contributed by atoms with Crippen molar-refractivity contribution in [3.05, 3.63) is 12.2 Å². The smallest absolute Gasteiger partial charge is 0.204 e. The molecule has 0 radical (unpaired) electrons. The van der Waals surface area contributed by atoms with Crippen molar-refractivity contribution in [2.24, 2.45) is 0 Å². The van der Waals surface area contributed by atoms with E-state index < -0.39 is 7.37 Å². The maximum atomic E-state index is 10.8. The standard InChI is InChI=1S/C6H13O2P/c1-3-5-6-9(7,8)4-2/h3,5H,4,6H2,1-2H3,(H,7,8). The Hall–Kier alpha value is -0.0700. The minimum Gasteiger partial charge on any atom is -0.344 e. The SMILES string of the molecule is CC=CCP(=O)(O)CC. The zero-order chi connectivity index (χ0) is 7.33. The molecule has 0 aliphatic rings. The molecule has 3 heteroatoms. The van der Waals surface area contributed by atoms with Gasteiger partial charge in [0.05, 0.1) is 0 Å². The Balaban J connectivity index is 3.73. The van der Waals surface area contributed by atoms with Crippen molar-refractivity contribution in [1.29, 1.82) is 0 Å². The van der Waals surface area contributed by atoms with Crippen LogP contribution in [0.25, 0.3) is 0 Å². The second-order valence-electron chi connectivity index (χ2n) is 1.91. The van der Waals surface area contributed by atoms with Crippen molar-refractivity contribution in [3.8, 4) is 0 Å². The van der Waals surface area contributed by atoms with Gasteiger partial charge in [-0.2, -0.15) is 0 Å². The molecule has 0 rings (SSSR count). The second kappa shape index (κ2) is 3.86. The van der Waals surface area contributed by atoms with Crippen molar-refractivity contribution < 1.29 is 9.46 Å². The van der Waals surface area contributed by atoms with Gasteiger partial charge in [0.1, 0.15) is 0 Å². The third-order valence-electron chi connectivity index (χ3n) is 1.12. The Morgan fingerprint density at radius 2 is 2.22 bits per heavy atom. The average Bonchev–Trinajstić information content (AvgIpc) is 1.84. The number of hydrogen-bond donors (Lipinski definition) is 1. The summed E-state index contributed by atoms with van der Waals surface area (Å²) in [5.74, 6) is 0. The maximum Gasteiger partial charge on any atom is 0.204 e. The summed E-state index contributed by atoms with van der Waals surface area (Å²) in [4.78, 5) is 8.96. The van der Waals surface area contributed by atoms with Crippen LogP contribution in [-0.4, -0.2) is 17.2 Å². The molecule has 0 amide bonds.